The van der Waals surface area contributed by atoms with E-state index in [-0.39, 0.29) is 22.8 Å². The number of carbonyl (C=O) groups is 2. The van der Waals surface area contributed by atoms with Crippen molar-refractivity contribution < 1.29 is 14.0 Å². The van der Waals surface area contributed by atoms with Gasteiger partial charge >= 0.3 is 0 Å². The smallest absolute Gasteiger partial charge is 0.300 e. The van der Waals surface area contributed by atoms with E-state index in [0.29, 0.717) is 12.4 Å². The highest BCUT2D eigenvalue weighted by molar-refractivity contribution is 6.55. The number of hydrogen-bond acceptors (Lipinski definition) is 3. The van der Waals surface area contributed by atoms with Crippen molar-refractivity contribution >= 4 is 29.0 Å². The molecule has 0 aliphatic carbocycles. The molecule has 0 N–H and O–H groups in total. The van der Waals surface area contributed by atoms with Crippen molar-refractivity contribution in [2.45, 2.75) is 20.0 Å². The second kappa shape index (κ2) is 4.96. The molecule has 2 aromatic rings. The van der Waals surface area contributed by atoms with Gasteiger partial charge in [-0.05, 0) is 19.1 Å². The van der Waals surface area contributed by atoms with Gasteiger partial charge in [0.05, 0.1) is 22.8 Å². The molecule has 0 bridgehead atoms. The SMILES string of the molecule is CCn1ccnc1CN1C(=O)C(=O)c2c(Cl)ccc(F)c21. The van der Waals surface area contributed by atoms with Gasteiger partial charge in [0.1, 0.15) is 11.6 Å². The molecule has 1 amide bonds. The van der Waals surface area contributed by atoms with Crippen molar-refractivity contribution in [3.8, 4) is 0 Å². The van der Waals surface area contributed by atoms with E-state index >= 15 is 0 Å². The summed E-state index contributed by atoms with van der Waals surface area (Å²) in [4.78, 5) is 29.3. The maximum Gasteiger partial charge on any atom is 0.300 e. The summed E-state index contributed by atoms with van der Waals surface area (Å²) in [5, 5.41) is 0.0751. The molecule has 0 atom stereocenters. The van der Waals surface area contributed by atoms with E-state index in [9.17, 15) is 14.0 Å². The molecule has 0 unspecified atom stereocenters. The molecule has 5 nitrogen and oxygen atoms in total. The Balaban J connectivity index is 2.08. The number of hydrogen-bond donors (Lipinski definition) is 0. The molecule has 0 spiro atoms. The fourth-order valence-corrected chi connectivity index (χ4v) is 2.66. The average molecular weight is 308 g/mol. The van der Waals surface area contributed by atoms with Crippen LogP contribution in [0.1, 0.15) is 23.1 Å². The molecule has 0 fully saturated rings. The predicted octanol–water partition coefficient (Wildman–Crippen LogP) is 2.43. The Kier molecular flexibility index (Phi) is 3.25. The summed E-state index contributed by atoms with van der Waals surface area (Å²) in [7, 11) is 0. The molecule has 0 saturated carbocycles. The van der Waals surface area contributed by atoms with Crippen LogP contribution in [-0.4, -0.2) is 21.2 Å². The number of benzene rings is 1. The Morgan fingerprint density at radius 3 is 2.81 bits per heavy atom. The van der Waals surface area contributed by atoms with Crippen molar-refractivity contribution in [2.75, 3.05) is 4.90 Å². The van der Waals surface area contributed by atoms with Gasteiger partial charge in [-0.2, -0.15) is 0 Å². The second-order valence-electron chi connectivity index (χ2n) is 4.60. The minimum absolute atomic E-state index is 0.0235. The Morgan fingerprint density at radius 2 is 2.10 bits per heavy atom. The summed E-state index contributed by atoms with van der Waals surface area (Å²) in [6, 6.07) is 2.42. The quantitative estimate of drug-likeness (QED) is 0.818. The number of anilines is 1. The van der Waals surface area contributed by atoms with Crippen LogP contribution in [0.5, 0.6) is 0 Å². The summed E-state index contributed by atoms with van der Waals surface area (Å²) in [6.07, 6.45) is 3.35. The molecule has 2 heterocycles. The largest absolute Gasteiger partial charge is 0.334 e. The molecule has 7 heteroatoms. The van der Waals surface area contributed by atoms with Crippen molar-refractivity contribution in [1.82, 2.24) is 9.55 Å². The van der Waals surface area contributed by atoms with E-state index in [1.54, 1.807) is 12.4 Å². The van der Waals surface area contributed by atoms with Crippen LogP contribution in [0.25, 0.3) is 0 Å². The molecule has 1 aliphatic rings. The number of rotatable bonds is 3. The molecule has 3 rings (SSSR count). The van der Waals surface area contributed by atoms with E-state index in [1.807, 2.05) is 11.5 Å². The maximum atomic E-state index is 14.0. The first kappa shape index (κ1) is 13.8. The summed E-state index contributed by atoms with van der Waals surface area (Å²) in [6.45, 7) is 2.61. The van der Waals surface area contributed by atoms with Crippen LogP contribution in [-0.2, 0) is 17.9 Å². The number of aromatic nitrogens is 2. The third-order valence-corrected chi connectivity index (χ3v) is 3.77. The fourth-order valence-electron chi connectivity index (χ4n) is 2.42. The highest BCUT2D eigenvalue weighted by Gasteiger charge is 2.40. The molecular weight excluding hydrogens is 297 g/mol. The number of nitrogens with zero attached hydrogens (tertiary/aromatic N) is 3. The lowest BCUT2D eigenvalue weighted by Crippen LogP contribution is -2.30. The zero-order valence-electron chi connectivity index (χ0n) is 11.1. The van der Waals surface area contributed by atoms with Crippen LogP contribution in [0.4, 0.5) is 10.1 Å². The molecule has 108 valence electrons. The van der Waals surface area contributed by atoms with Gasteiger partial charge in [-0.3, -0.25) is 14.5 Å². The van der Waals surface area contributed by atoms with E-state index in [2.05, 4.69) is 4.98 Å². The molecule has 0 saturated heterocycles. The third-order valence-electron chi connectivity index (χ3n) is 3.46. The van der Waals surface area contributed by atoms with Crippen LogP contribution >= 0.6 is 11.6 Å². The van der Waals surface area contributed by atoms with Crippen LogP contribution < -0.4 is 4.90 Å². The number of fused-ring (bicyclic) bond motifs is 1. The molecule has 1 aromatic carbocycles. The van der Waals surface area contributed by atoms with Crippen LogP contribution in [0.2, 0.25) is 5.02 Å². The molecular formula is C14H11ClFN3O2. The Morgan fingerprint density at radius 1 is 1.33 bits per heavy atom. The van der Waals surface area contributed by atoms with E-state index in [4.69, 9.17) is 11.6 Å². The number of ketones is 1. The predicted molar refractivity (Wildman–Crippen MR) is 74.8 cm³/mol. The first-order valence-electron chi connectivity index (χ1n) is 6.38. The van der Waals surface area contributed by atoms with Gasteiger partial charge in [0.2, 0.25) is 0 Å². The third kappa shape index (κ3) is 2.03. The molecule has 21 heavy (non-hydrogen) atoms. The minimum atomic E-state index is -0.789. The van der Waals surface area contributed by atoms with Crippen molar-refractivity contribution in [3.05, 3.63) is 46.8 Å². The zero-order valence-corrected chi connectivity index (χ0v) is 11.9. The maximum absolute atomic E-state index is 14.0. The Bertz CT molecular complexity index is 757. The van der Waals surface area contributed by atoms with Gasteiger partial charge in [0.25, 0.3) is 11.7 Å². The van der Waals surface area contributed by atoms with Crippen molar-refractivity contribution in [2.24, 2.45) is 0 Å². The van der Waals surface area contributed by atoms with E-state index in [1.165, 1.54) is 6.07 Å². The lowest BCUT2D eigenvalue weighted by Gasteiger charge is -2.17. The average Bonchev–Trinajstić information content (AvgIpc) is 3.02. The van der Waals surface area contributed by atoms with Gasteiger partial charge in [0, 0.05) is 18.9 Å². The Hall–Kier alpha value is -2.21. The van der Waals surface area contributed by atoms with Gasteiger partial charge in [0.15, 0.2) is 0 Å². The van der Waals surface area contributed by atoms with Gasteiger partial charge in [-0.15, -0.1) is 0 Å². The summed E-state index contributed by atoms with van der Waals surface area (Å²) in [5.74, 6) is -1.65. The van der Waals surface area contributed by atoms with Crippen molar-refractivity contribution in [3.63, 3.8) is 0 Å². The number of imidazole rings is 1. The zero-order chi connectivity index (χ0) is 15.1. The topological polar surface area (TPSA) is 55.2 Å². The van der Waals surface area contributed by atoms with Crippen LogP contribution in [0.15, 0.2) is 24.5 Å². The van der Waals surface area contributed by atoms with Gasteiger partial charge < -0.3 is 4.57 Å². The fraction of sp³-hybridized carbons (Fsp3) is 0.214. The molecule has 1 aliphatic heterocycles. The summed E-state index contributed by atoms with van der Waals surface area (Å²) < 4.78 is 15.9. The lowest BCUT2D eigenvalue weighted by atomic mass is 10.1. The monoisotopic (exact) mass is 307 g/mol. The van der Waals surface area contributed by atoms with E-state index < -0.39 is 17.5 Å². The molecule has 1 aromatic heterocycles. The van der Waals surface area contributed by atoms with Gasteiger partial charge in [-0.25, -0.2) is 9.37 Å². The first-order chi connectivity index (χ1) is 10.0. The Labute approximate surface area is 124 Å². The lowest BCUT2D eigenvalue weighted by molar-refractivity contribution is -0.114. The minimum Gasteiger partial charge on any atom is -0.334 e. The standard InChI is InChI=1S/C14H11ClFN3O2/c1-2-18-6-5-17-10(18)7-19-12-9(16)4-3-8(15)11(12)13(20)14(19)21/h3-6H,2,7H2,1H3. The van der Waals surface area contributed by atoms with Gasteiger partial charge in [-0.1, -0.05) is 11.6 Å². The normalized spacial score (nSPS) is 14.0. The number of amides is 1. The molecule has 0 radical (unpaired) electrons. The number of carbonyl (C=O) groups excluding carboxylic acids is 2. The summed E-state index contributed by atoms with van der Waals surface area (Å²) in [5.41, 5.74) is -0.139. The highest BCUT2D eigenvalue weighted by Crippen LogP contribution is 2.37. The van der Waals surface area contributed by atoms with Crippen molar-refractivity contribution in [1.29, 1.82) is 0 Å². The number of Topliss-reactive ketones (excluding diaryl/α,β-unsaturated/α-hetero) is 1. The second-order valence-corrected chi connectivity index (χ2v) is 5.01. The number of aryl methyl sites for hydroxylation is 1. The summed E-state index contributed by atoms with van der Waals surface area (Å²) >= 11 is 5.92. The highest BCUT2D eigenvalue weighted by atomic mass is 35.5. The van der Waals surface area contributed by atoms with Crippen LogP contribution in [0, 0.1) is 5.82 Å². The number of halogens is 2. The van der Waals surface area contributed by atoms with Crippen LogP contribution in [0.3, 0.4) is 0 Å². The van der Waals surface area contributed by atoms with E-state index in [0.717, 1.165) is 11.0 Å². The first-order valence-corrected chi connectivity index (χ1v) is 6.76.